The molecule has 0 N–H and O–H groups in total. The molecule has 0 aliphatic heterocycles. The van der Waals surface area contributed by atoms with Gasteiger partial charge in [-0.15, -0.1) is 0 Å². The van der Waals surface area contributed by atoms with Crippen LogP contribution in [-0.2, 0) is 18.7 Å². The molecule has 0 heterocycles. The third-order valence-corrected chi connectivity index (χ3v) is 8.96. The lowest BCUT2D eigenvalue weighted by atomic mass is 10.0. The van der Waals surface area contributed by atoms with Gasteiger partial charge in [0.05, 0.1) is 32.0 Å². The van der Waals surface area contributed by atoms with Crippen molar-refractivity contribution >= 4 is 14.5 Å². The van der Waals surface area contributed by atoms with E-state index in [0.29, 0.717) is 25.9 Å². The van der Waals surface area contributed by atoms with Crippen LogP contribution in [0.5, 0.6) is 0 Å². The summed E-state index contributed by atoms with van der Waals surface area (Å²) in [4.78, 5) is 11.2. The Kier molecular flexibility index (Phi) is 46.7. The lowest BCUT2D eigenvalue weighted by Crippen LogP contribution is -2.20. The van der Waals surface area contributed by atoms with Gasteiger partial charge in [0.1, 0.15) is 8.81 Å². The molecule has 6 heteroatoms. The maximum Gasteiger partial charge on any atom is 0.351 e. The number of hydrogen-bond acceptors (Lipinski definition) is 5. The van der Waals surface area contributed by atoms with Crippen molar-refractivity contribution in [3.8, 4) is 0 Å². The molecule has 0 radical (unpaired) electrons. The van der Waals surface area contributed by atoms with Gasteiger partial charge in [0.15, 0.2) is 0 Å². The Hall–Kier alpha value is -0.220. The molecule has 0 amide bonds. The normalized spacial score (nSPS) is 12.6. The summed E-state index contributed by atoms with van der Waals surface area (Å²) in [5, 5.41) is 0. The van der Waals surface area contributed by atoms with Gasteiger partial charge in [-0.05, 0) is 51.9 Å². The molecule has 0 aromatic heterocycles. The maximum absolute atomic E-state index is 11.2. The molecule has 0 saturated heterocycles. The van der Waals surface area contributed by atoms with E-state index in [-0.39, 0.29) is 20.6 Å². The van der Waals surface area contributed by atoms with Crippen LogP contribution < -0.4 is 0 Å². The molecule has 0 bridgehead atoms. The molecule has 280 valence electrons. The Morgan fingerprint density at radius 2 is 0.826 bits per heavy atom. The second-order valence-corrected chi connectivity index (χ2v) is 14.8. The number of unbranched alkanes of at least 4 members (excludes halogenated alkanes) is 17. The van der Waals surface area contributed by atoms with E-state index in [1.165, 1.54) is 122 Å². The van der Waals surface area contributed by atoms with Gasteiger partial charge in [0.25, 0.3) is 0 Å². The Bertz CT molecular complexity index is 550. The zero-order valence-corrected chi connectivity index (χ0v) is 34.0. The number of carbonyl (C=O) groups is 1. The van der Waals surface area contributed by atoms with Gasteiger partial charge >= 0.3 is 5.71 Å². The fourth-order valence-electron chi connectivity index (χ4n) is 4.13. The van der Waals surface area contributed by atoms with Crippen LogP contribution in [-0.4, -0.2) is 44.3 Å². The van der Waals surface area contributed by atoms with Crippen LogP contribution >= 0.6 is 8.81 Å². The molecule has 0 saturated carbocycles. The second-order valence-electron chi connectivity index (χ2n) is 13.9. The van der Waals surface area contributed by atoms with Crippen molar-refractivity contribution in [2.24, 2.45) is 11.8 Å². The minimum Gasteiger partial charge on any atom is -0.461 e. The summed E-state index contributed by atoms with van der Waals surface area (Å²) in [5.41, 5.74) is -0.227. The van der Waals surface area contributed by atoms with E-state index in [0.717, 1.165) is 31.3 Å². The van der Waals surface area contributed by atoms with Gasteiger partial charge in [-0.25, -0.2) is 4.79 Å². The first kappa shape index (κ1) is 50.2. The molecule has 0 aliphatic carbocycles. The quantitative estimate of drug-likeness (QED) is 0.0540. The van der Waals surface area contributed by atoms with Gasteiger partial charge in [-0.1, -0.05) is 164 Å². The molecule has 0 fully saturated rings. The number of ether oxygens (including phenoxy) is 3. The summed E-state index contributed by atoms with van der Waals surface area (Å²) in [7, 11) is -0.146. The molecule has 5 nitrogen and oxygen atoms in total. The Morgan fingerprint density at radius 3 is 1.15 bits per heavy atom. The second kappa shape index (κ2) is 42.8. The summed E-state index contributed by atoms with van der Waals surface area (Å²) < 4.78 is 21.8. The first-order valence-electron chi connectivity index (χ1n) is 19.9. The fraction of sp³-hybridized carbons (Fsp3) is 0.975. The molecule has 0 spiro atoms. The molecular formula is C40H85O5P. The van der Waals surface area contributed by atoms with Crippen molar-refractivity contribution in [3.63, 3.8) is 0 Å². The standard InChI is InChI=1S/C30H61O5P.2C5H12/c1-5-28(3)34-27-29(4)33-25-23-21-19-17-15-13-11-9-7-8-10-12-14-16-18-20-22-24-26-35-36-30(31)32-6-2;2*1-4-5(2)3/h28-29,36H,5-27H2,1-4H3;2*5H,4H2,1-3H3. The van der Waals surface area contributed by atoms with Crippen LogP contribution in [0.3, 0.4) is 0 Å². The van der Waals surface area contributed by atoms with E-state index < -0.39 is 0 Å². The van der Waals surface area contributed by atoms with E-state index in [9.17, 15) is 4.79 Å². The molecular weight excluding hydrogens is 591 g/mol. The number of hydrogen-bond donors (Lipinski definition) is 0. The zero-order valence-electron chi connectivity index (χ0n) is 33.0. The highest BCUT2D eigenvalue weighted by atomic mass is 31.1. The number of carbonyl (C=O) groups excluding carboxylic acids is 1. The van der Waals surface area contributed by atoms with Crippen LogP contribution in [0.1, 0.15) is 204 Å². The summed E-state index contributed by atoms with van der Waals surface area (Å²) >= 11 is 0. The van der Waals surface area contributed by atoms with E-state index >= 15 is 0 Å². The number of rotatable bonds is 31. The first-order chi connectivity index (χ1) is 22.1. The Balaban J connectivity index is -0.00000159. The van der Waals surface area contributed by atoms with Crippen molar-refractivity contribution < 1.29 is 23.5 Å². The molecule has 3 atom stereocenters. The van der Waals surface area contributed by atoms with Gasteiger partial charge in [0, 0.05) is 6.61 Å². The van der Waals surface area contributed by atoms with Crippen LogP contribution in [0.25, 0.3) is 0 Å². The first-order valence-corrected chi connectivity index (χ1v) is 20.8. The van der Waals surface area contributed by atoms with Crippen molar-refractivity contribution in [2.45, 2.75) is 216 Å². The molecule has 0 aliphatic rings. The van der Waals surface area contributed by atoms with Gasteiger partial charge < -0.3 is 18.7 Å². The average molecular weight is 677 g/mol. The third kappa shape index (κ3) is 50.6. The van der Waals surface area contributed by atoms with Gasteiger partial charge in [-0.2, -0.15) is 0 Å². The Labute approximate surface area is 292 Å². The highest BCUT2D eigenvalue weighted by Gasteiger charge is 2.05. The Morgan fingerprint density at radius 1 is 0.478 bits per heavy atom. The van der Waals surface area contributed by atoms with Crippen molar-refractivity contribution in [1.82, 2.24) is 0 Å². The van der Waals surface area contributed by atoms with E-state index in [1.807, 2.05) is 6.92 Å². The van der Waals surface area contributed by atoms with Crippen molar-refractivity contribution in [3.05, 3.63) is 0 Å². The average Bonchev–Trinajstić information content (AvgIpc) is 3.04. The van der Waals surface area contributed by atoms with Crippen LogP contribution in [0.2, 0.25) is 0 Å². The molecule has 46 heavy (non-hydrogen) atoms. The van der Waals surface area contributed by atoms with E-state index in [4.69, 9.17) is 18.7 Å². The summed E-state index contributed by atoms with van der Waals surface area (Å²) in [6, 6.07) is 0. The predicted molar refractivity (Wildman–Crippen MR) is 206 cm³/mol. The zero-order chi connectivity index (χ0) is 35.1. The third-order valence-electron chi connectivity index (χ3n) is 8.30. The maximum atomic E-state index is 11.2. The van der Waals surface area contributed by atoms with E-state index in [1.54, 1.807) is 0 Å². The smallest absolute Gasteiger partial charge is 0.351 e. The highest BCUT2D eigenvalue weighted by molar-refractivity contribution is 7.52. The highest BCUT2D eigenvalue weighted by Crippen LogP contribution is 2.17. The van der Waals surface area contributed by atoms with Crippen LogP contribution in [0.15, 0.2) is 0 Å². The lowest BCUT2D eigenvalue weighted by Gasteiger charge is -2.16. The van der Waals surface area contributed by atoms with Gasteiger partial charge in [-0.3, -0.25) is 0 Å². The van der Waals surface area contributed by atoms with Crippen LogP contribution in [0, 0.1) is 11.8 Å². The lowest BCUT2D eigenvalue weighted by molar-refractivity contribution is -0.0329. The minimum atomic E-state index is -0.227. The van der Waals surface area contributed by atoms with Gasteiger partial charge in [0.2, 0.25) is 0 Å². The fourth-order valence-corrected chi connectivity index (χ4v) is 4.69. The largest absolute Gasteiger partial charge is 0.461 e. The molecule has 0 aromatic rings. The van der Waals surface area contributed by atoms with E-state index in [2.05, 4.69) is 62.3 Å². The topological polar surface area (TPSA) is 54.0 Å². The summed E-state index contributed by atoms with van der Waals surface area (Å²) in [6.45, 7) is 24.2. The summed E-state index contributed by atoms with van der Waals surface area (Å²) in [5.74, 6) is 1.77. The van der Waals surface area contributed by atoms with Crippen LogP contribution in [0.4, 0.5) is 4.79 Å². The minimum absolute atomic E-state index is 0.146. The molecule has 3 unspecified atom stereocenters. The van der Waals surface area contributed by atoms with Crippen molar-refractivity contribution in [1.29, 1.82) is 0 Å². The summed E-state index contributed by atoms with van der Waals surface area (Å²) in [6.07, 6.45) is 28.4. The SMILES string of the molecule is CCC(C)C.CCC(C)C.CCOC(=O)POCCCCCCCCCCCCCCCCCCCCOC(C)COC(C)CC. The molecule has 0 aromatic carbocycles. The predicted octanol–water partition coefficient (Wildman–Crippen LogP) is 14.1. The monoisotopic (exact) mass is 677 g/mol. The van der Waals surface area contributed by atoms with Crippen molar-refractivity contribution in [2.75, 3.05) is 26.4 Å². The molecule has 0 rings (SSSR count).